The van der Waals surface area contributed by atoms with E-state index in [-0.39, 0.29) is 30.5 Å². The zero-order valence-corrected chi connectivity index (χ0v) is 13.4. The average Bonchev–Trinajstić information content (AvgIpc) is 2.85. The molecule has 1 heterocycles. The summed E-state index contributed by atoms with van der Waals surface area (Å²) in [6.45, 7) is 2.06. The van der Waals surface area contributed by atoms with Crippen molar-refractivity contribution in [3.8, 4) is 0 Å². The van der Waals surface area contributed by atoms with Crippen LogP contribution in [-0.2, 0) is 11.8 Å². The van der Waals surface area contributed by atoms with E-state index in [1.54, 1.807) is 25.2 Å². The first kappa shape index (κ1) is 16.8. The van der Waals surface area contributed by atoms with E-state index < -0.39 is 4.92 Å². The van der Waals surface area contributed by atoms with Crippen LogP contribution in [0.4, 0.5) is 17.3 Å². The van der Waals surface area contributed by atoms with Crippen molar-refractivity contribution >= 4 is 34.8 Å². The molecule has 0 saturated heterocycles. The number of imidazole rings is 1. The Morgan fingerprint density at radius 3 is 2.91 bits per heavy atom. The maximum Gasteiger partial charge on any atom is 0.406 e. The van der Waals surface area contributed by atoms with E-state index in [0.717, 1.165) is 5.56 Å². The molecule has 2 N–H and O–H groups in total. The Balaban J connectivity index is 1.92. The number of anilines is 2. The fourth-order valence-corrected chi connectivity index (χ4v) is 2.18. The average molecular weight is 338 g/mol. The quantitative estimate of drug-likeness (QED) is 0.623. The highest BCUT2D eigenvalue weighted by atomic mass is 35.5. The molecule has 0 spiro atoms. The van der Waals surface area contributed by atoms with Crippen molar-refractivity contribution < 1.29 is 9.72 Å². The molecule has 122 valence electrons. The van der Waals surface area contributed by atoms with Gasteiger partial charge in [-0.25, -0.2) is 0 Å². The highest BCUT2D eigenvalue weighted by Crippen LogP contribution is 2.23. The topological polar surface area (TPSA) is 102 Å². The molecule has 0 bridgehead atoms. The molecule has 9 heteroatoms. The third kappa shape index (κ3) is 3.98. The number of halogens is 1. The Morgan fingerprint density at radius 1 is 1.48 bits per heavy atom. The van der Waals surface area contributed by atoms with Crippen LogP contribution in [0.15, 0.2) is 24.5 Å². The molecule has 8 nitrogen and oxygen atoms in total. The van der Waals surface area contributed by atoms with Gasteiger partial charge in [0.15, 0.2) is 0 Å². The van der Waals surface area contributed by atoms with Gasteiger partial charge in [0.1, 0.15) is 0 Å². The first-order valence-corrected chi connectivity index (χ1v) is 7.22. The van der Waals surface area contributed by atoms with Gasteiger partial charge in [-0.15, -0.1) is 0 Å². The van der Waals surface area contributed by atoms with Gasteiger partial charge in [-0.3, -0.25) is 9.36 Å². The molecule has 0 unspecified atom stereocenters. The Morgan fingerprint density at radius 2 is 2.22 bits per heavy atom. The summed E-state index contributed by atoms with van der Waals surface area (Å²) in [7, 11) is 1.64. The fraction of sp³-hybridized carbons (Fsp3) is 0.286. The van der Waals surface area contributed by atoms with Gasteiger partial charge >= 0.3 is 5.82 Å². The molecule has 1 aromatic heterocycles. The monoisotopic (exact) mass is 337 g/mol. The predicted octanol–water partition coefficient (Wildman–Crippen LogP) is 2.73. The smallest absolute Gasteiger partial charge is 0.364 e. The van der Waals surface area contributed by atoms with Gasteiger partial charge in [0.05, 0.1) is 0 Å². The lowest BCUT2D eigenvalue weighted by atomic mass is 10.2. The molecule has 0 aliphatic rings. The molecular weight excluding hydrogens is 322 g/mol. The van der Waals surface area contributed by atoms with Crippen LogP contribution < -0.4 is 10.6 Å². The minimum absolute atomic E-state index is 0.147. The minimum Gasteiger partial charge on any atom is -0.364 e. The normalized spacial score (nSPS) is 10.4. The Kier molecular flexibility index (Phi) is 5.17. The van der Waals surface area contributed by atoms with Crippen molar-refractivity contribution in [1.29, 1.82) is 0 Å². The summed E-state index contributed by atoms with van der Waals surface area (Å²) >= 11 is 6.00. The number of nitrogens with one attached hydrogen (secondary N) is 2. The van der Waals surface area contributed by atoms with Crippen LogP contribution in [0.25, 0.3) is 0 Å². The summed E-state index contributed by atoms with van der Waals surface area (Å²) < 4.78 is 1.50. The summed E-state index contributed by atoms with van der Waals surface area (Å²) in [5.41, 5.74) is 1.44. The number of aryl methyl sites for hydroxylation is 1. The van der Waals surface area contributed by atoms with Gasteiger partial charge in [-0.2, -0.15) is 0 Å². The fourth-order valence-electron chi connectivity index (χ4n) is 2.01. The highest BCUT2D eigenvalue weighted by Gasteiger charge is 2.19. The van der Waals surface area contributed by atoms with E-state index in [0.29, 0.717) is 10.7 Å². The van der Waals surface area contributed by atoms with E-state index in [1.807, 2.05) is 6.92 Å². The number of nitrogens with zero attached hydrogens (tertiary/aromatic N) is 3. The van der Waals surface area contributed by atoms with Gasteiger partial charge in [0.2, 0.25) is 18.1 Å². The zero-order chi connectivity index (χ0) is 17.0. The van der Waals surface area contributed by atoms with Gasteiger partial charge in [0.25, 0.3) is 0 Å². The predicted molar refractivity (Wildman–Crippen MR) is 87.8 cm³/mol. The van der Waals surface area contributed by atoms with Gasteiger partial charge < -0.3 is 20.7 Å². The molecule has 1 amide bonds. The van der Waals surface area contributed by atoms with E-state index in [9.17, 15) is 14.9 Å². The maximum atomic E-state index is 12.0. The summed E-state index contributed by atoms with van der Waals surface area (Å²) in [6.07, 6.45) is 1.49. The standard InChI is InChI=1S/C14H16ClN5O3/c1-9-10(15)4-3-5-11(9)18-12(21)6-7-16-13-14(20(22)23)17-8-19(13)2/h3-5,8,16H,6-7H2,1-2H3,(H,18,21). The first-order chi connectivity index (χ1) is 10.9. The third-order valence-corrected chi connectivity index (χ3v) is 3.69. The largest absolute Gasteiger partial charge is 0.406 e. The van der Waals surface area contributed by atoms with Crippen LogP contribution in [0.5, 0.6) is 0 Å². The molecule has 0 aliphatic carbocycles. The van der Waals surface area contributed by atoms with E-state index in [4.69, 9.17) is 11.6 Å². The van der Waals surface area contributed by atoms with E-state index in [2.05, 4.69) is 15.6 Å². The number of nitro groups is 1. The molecule has 23 heavy (non-hydrogen) atoms. The van der Waals surface area contributed by atoms with Crippen LogP contribution >= 0.6 is 11.6 Å². The van der Waals surface area contributed by atoms with Crippen molar-refractivity contribution in [1.82, 2.24) is 9.55 Å². The lowest BCUT2D eigenvalue weighted by molar-refractivity contribution is -0.388. The summed E-state index contributed by atoms with van der Waals surface area (Å²) in [4.78, 5) is 25.9. The minimum atomic E-state index is -0.572. The summed E-state index contributed by atoms with van der Waals surface area (Å²) in [5.74, 6) is -0.215. The molecule has 0 saturated carbocycles. The van der Waals surface area contributed by atoms with Crippen LogP contribution in [0.2, 0.25) is 5.02 Å². The lowest BCUT2D eigenvalue weighted by Crippen LogP contribution is -2.18. The Hall–Kier alpha value is -2.61. The molecule has 2 rings (SSSR count). The van der Waals surface area contributed by atoms with Crippen LogP contribution in [-0.4, -0.2) is 26.9 Å². The highest BCUT2D eigenvalue weighted by molar-refractivity contribution is 6.31. The van der Waals surface area contributed by atoms with Crippen LogP contribution in [0, 0.1) is 17.0 Å². The molecule has 0 radical (unpaired) electrons. The molecule has 0 aliphatic heterocycles. The number of rotatable bonds is 6. The number of hydrogen-bond donors (Lipinski definition) is 2. The number of aromatic nitrogens is 2. The van der Waals surface area contributed by atoms with Crippen molar-refractivity contribution in [2.75, 3.05) is 17.2 Å². The van der Waals surface area contributed by atoms with Crippen molar-refractivity contribution in [2.24, 2.45) is 7.05 Å². The molecule has 1 aromatic carbocycles. The Labute approximate surface area is 137 Å². The number of benzene rings is 1. The van der Waals surface area contributed by atoms with Gasteiger partial charge in [0, 0.05) is 30.7 Å². The number of hydrogen-bond acceptors (Lipinski definition) is 5. The van der Waals surface area contributed by atoms with Gasteiger partial charge in [-0.05, 0) is 34.5 Å². The Bertz CT molecular complexity index is 744. The second kappa shape index (κ2) is 7.10. The number of amides is 1. The number of carbonyl (C=O) groups excluding carboxylic acids is 1. The summed E-state index contributed by atoms with van der Waals surface area (Å²) in [6, 6.07) is 5.26. The van der Waals surface area contributed by atoms with Crippen LogP contribution in [0.3, 0.4) is 0 Å². The van der Waals surface area contributed by atoms with E-state index in [1.165, 1.54) is 10.9 Å². The molecule has 2 aromatic rings. The molecule has 0 atom stereocenters. The van der Waals surface area contributed by atoms with Crippen LogP contribution in [0.1, 0.15) is 12.0 Å². The second-order valence-corrected chi connectivity index (χ2v) is 5.33. The van der Waals surface area contributed by atoms with E-state index >= 15 is 0 Å². The first-order valence-electron chi connectivity index (χ1n) is 6.84. The van der Waals surface area contributed by atoms with Crippen molar-refractivity contribution in [2.45, 2.75) is 13.3 Å². The SMILES string of the molecule is Cc1c(Cl)cccc1NC(=O)CCNc1c([N+](=O)[O-])ncn1C. The van der Waals surface area contributed by atoms with Crippen molar-refractivity contribution in [3.63, 3.8) is 0 Å². The van der Waals surface area contributed by atoms with Crippen molar-refractivity contribution in [3.05, 3.63) is 45.2 Å². The number of carbonyl (C=O) groups is 1. The maximum absolute atomic E-state index is 12.0. The molecule has 0 fully saturated rings. The second-order valence-electron chi connectivity index (χ2n) is 4.92. The summed E-state index contributed by atoms with van der Waals surface area (Å²) in [5, 5.41) is 17.0. The third-order valence-electron chi connectivity index (χ3n) is 3.28. The molecular formula is C14H16ClN5O3. The zero-order valence-electron chi connectivity index (χ0n) is 12.7. The van der Waals surface area contributed by atoms with Gasteiger partial charge in [-0.1, -0.05) is 17.7 Å². The lowest BCUT2D eigenvalue weighted by Gasteiger charge is -2.10.